The molecule has 0 saturated heterocycles. The summed E-state index contributed by atoms with van der Waals surface area (Å²) in [5.74, 6) is 1.03. The first-order valence-electron chi connectivity index (χ1n) is 13.9. The smallest absolute Gasteiger partial charge is 0.261 e. The maximum absolute atomic E-state index is 13.9. The molecule has 3 aromatic rings. The fourth-order valence-corrected chi connectivity index (χ4v) is 5.15. The van der Waals surface area contributed by atoms with Crippen molar-refractivity contribution in [1.29, 1.82) is 0 Å². The molecule has 6 heteroatoms. The maximum atomic E-state index is 13.9. The molecule has 2 amide bonds. The molecule has 39 heavy (non-hydrogen) atoms. The average molecular weight is 529 g/mol. The number of hydrogen-bond acceptors (Lipinski definition) is 4. The number of carbonyl (C=O) groups excluding carboxylic acids is 2. The topological polar surface area (TPSA) is 67.9 Å². The van der Waals surface area contributed by atoms with Crippen LogP contribution in [-0.2, 0) is 22.6 Å². The number of amides is 2. The molecule has 0 radical (unpaired) electrons. The Kier molecular flexibility index (Phi) is 10.0. The molecule has 0 aliphatic heterocycles. The lowest BCUT2D eigenvalue weighted by molar-refractivity contribution is -0.143. The van der Waals surface area contributed by atoms with Crippen molar-refractivity contribution in [3.63, 3.8) is 0 Å². The van der Waals surface area contributed by atoms with Crippen LogP contribution in [0.4, 0.5) is 0 Å². The summed E-state index contributed by atoms with van der Waals surface area (Å²) in [7, 11) is 1.62. The fraction of sp³-hybridized carbons (Fsp3) is 0.394. The van der Waals surface area contributed by atoms with Crippen molar-refractivity contribution >= 4 is 11.8 Å². The van der Waals surface area contributed by atoms with Crippen LogP contribution in [0.25, 0.3) is 0 Å². The van der Waals surface area contributed by atoms with Crippen LogP contribution in [0, 0.1) is 13.8 Å². The van der Waals surface area contributed by atoms with Gasteiger partial charge in [-0.1, -0.05) is 73.9 Å². The monoisotopic (exact) mass is 528 g/mol. The molecule has 1 aliphatic carbocycles. The summed E-state index contributed by atoms with van der Waals surface area (Å²) in [6.07, 6.45) is 5.80. The standard InChI is InChI=1S/C33H40N2O4/c1-24-17-18-25(2)31(19-24)39-23-32(36)35(22-27-13-10-16-29(20-27)38-3)30(21-26-11-6-4-7-12-26)33(37)34-28-14-8-5-9-15-28/h4,6-7,10-13,16-20,28,30H,5,8-9,14-15,21-23H2,1-3H3,(H,34,37). The molecule has 1 aliphatic rings. The first-order chi connectivity index (χ1) is 18.9. The van der Waals surface area contributed by atoms with Crippen LogP contribution in [0.2, 0.25) is 0 Å². The molecule has 0 heterocycles. The summed E-state index contributed by atoms with van der Waals surface area (Å²) < 4.78 is 11.4. The molecular weight excluding hydrogens is 488 g/mol. The highest BCUT2D eigenvalue weighted by Crippen LogP contribution is 2.23. The Morgan fingerprint density at radius 2 is 1.67 bits per heavy atom. The third kappa shape index (κ3) is 8.09. The Labute approximate surface area is 232 Å². The van der Waals surface area contributed by atoms with E-state index in [-0.39, 0.29) is 31.0 Å². The first kappa shape index (κ1) is 28.2. The highest BCUT2D eigenvalue weighted by molar-refractivity contribution is 5.88. The average Bonchev–Trinajstić information content (AvgIpc) is 2.96. The summed E-state index contributed by atoms with van der Waals surface area (Å²) in [6.45, 7) is 4.07. The molecule has 1 unspecified atom stereocenters. The van der Waals surface area contributed by atoms with Crippen LogP contribution in [0.5, 0.6) is 11.5 Å². The van der Waals surface area contributed by atoms with Gasteiger partial charge in [0.05, 0.1) is 7.11 Å². The summed E-state index contributed by atoms with van der Waals surface area (Å²) >= 11 is 0. The van der Waals surface area contributed by atoms with Crippen molar-refractivity contribution in [2.75, 3.05) is 13.7 Å². The number of aryl methyl sites for hydroxylation is 2. The molecule has 3 aromatic carbocycles. The van der Waals surface area contributed by atoms with E-state index in [4.69, 9.17) is 9.47 Å². The van der Waals surface area contributed by atoms with Crippen molar-refractivity contribution in [3.05, 3.63) is 95.1 Å². The molecule has 6 nitrogen and oxygen atoms in total. The van der Waals surface area contributed by atoms with E-state index in [1.165, 1.54) is 6.42 Å². The van der Waals surface area contributed by atoms with E-state index in [0.717, 1.165) is 47.9 Å². The van der Waals surface area contributed by atoms with Gasteiger partial charge >= 0.3 is 0 Å². The van der Waals surface area contributed by atoms with Crippen LogP contribution in [0.1, 0.15) is 54.4 Å². The highest BCUT2D eigenvalue weighted by atomic mass is 16.5. The Hall–Kier alpha value is -3.80. The number of nitrogens with one attached hydrogen (secondary N) is 1. The predicted molar refractivity (Wildman–Crippen MR) is 154 cm³/mol. The zero-order chi connectivity index (χ0) is 27.6. The van der Waals surface area contributed by atoms with E-state index in [9.17, 15) is 9.59 Å². The SMILES string of the molecule is COc1cccc(CN(C(=O)COc2cc(C)ccc2C)C(Cc2ccccc2)C(=O)NC2CCCCC2)c1. The number of hydrogen-bond donors (Lipinski definition) is 1. The van der Waals surface area contributed by atoms with E-state index in [1.807, 2.05) is 86.6 Å². The van der Waals surface area contributed by atoms with E-state index >= 15 is 0 Å². The Morgan fingerprint density at radius 1 is 0.923 bits per heavy atom. The van der Waals surface area contributed by atoms with E-state index < -0.39 is 6.04 Å². The van der Waals surface area contributed by atoms with Gasteiger partial charge in [0.1, 0.15) is 17.5 Å². The lowest BCUT2D eigenvalue weighted by Gasteiger charge is -2.33. The van der Waals surface area contributed by atoms with Gasteiger partial charge in [0.25, 0.3) is 5.91 Å². The summed E-state index contributed by atoms with van der Waals surface area (Å²) in [5.41, 5.74) is 3.91. The summed E-state index contributed by atoms with van der Waals surface area (Å²) in [5, 5.41) is 3.27. The van der Waals surface area contributed by atoms with Gasteiger partial charge in [0, 0.05) is 19.0 Å². The minimum Gasteiger partial charge on any atom is -0.497 e. The van der Waals surface area contributed by atoms with E-state index in [1.54, 1.807) is 12.0 Å². The zero-order valence-electron chi connectivity index (χ0n) is 23.3. The fourth-order valence-electron chi connectivity index (χ4n) is 5.15. The lowest BCUT2D eigenvalue weighted by atomic mass is 9.94. The third-order valence-corrected chi connectivity index (χ3v) is 7.40. The second kappa shape index (κ2) is 13.8. The van der Waals surface area contributed by atoms with Crippen LogP contribution < -0.4 is 14.8 Å². The number of methoxy groups -OCH3 is 1. The molecule has 1 atom stereocenters. The zero-order valence-corrected chi connectivity index (χ0v) is 23.3. The second-order valence-corrected chi connectivity index (χ2v) is 10.5. The molecular formula is C33H40N2O4. The van der Waals surface area contributed by atoms with Crippen LogP contribution in [-0.4, -0.2) is 42.5 Å². The van der Waals surface area contributed by atoms with Gasteiger partial charge in [-0.3, -0.25) is 9.59 Å². The maximum Gasteiger partial charge on any atom is 0.261 e. The third-order valence-electron chi connectivity index (χ3n) is 7.40. The van der Waals surface area contributed by atoms with Gasteiger partial charge in [-0.05, 0) is 67.1 Å². The largest absolute Gasteiger partial charge is 0.497 e. The molecule has 0 bridgehead atoms. The molecule has 0 aromatic heterocycles. The van der Waals surface area contributed by atoms with Crippen molar-refractivity contribution in [3.8, 4) is 11.5 Å². The second-order valence-electron chi connectivity index (χ2n) is 10.5. The summed E-state index contributed by atoms with van der Waals surface area (Å²) in [4.78, 5) is 29.4. The van der Waals surface area contributed by atoms with E-state index in [2.05, 4.69) is 5.32 Å². The normalized spacial score (nSPS) is 14.3. The van der Waals surface area contributed by atoms with Gasteiger partial charge < -0.3 is 19.7 Å². The lowest BCUT2D eigenvalue weighted by Crippen LogP contribution is -2.53. The number of rotatable bonds is 11. The van der Waals surface area contributed by atoms with Crippen LogP contribution in [0.3, 0.4) is 0 Å². The van der Waals surface area contributed by atoms with Gasteiger partial charge in [-0.15, -0.1) is 0 Å². The Morgan fingerprint density at radius 3 is 2.41 bits per heavy atom. The van der Waals surface area contributed by atoms with Crippen molar-refractivity contribution in [1.82, 2.24) is 10.2 Å². The molecule has 1 N–H and O–H groups in total. The molecule has 1 saturated carbocycles. The van der Waals surface area contributed by atoms with E-state index in [0.29, 0.717) is 17.9 Å². The Bertz CT molecular complexity index is 1240. The summed E-state index contributed by atoms with van der Waals surface area (Å²) in [6, 6.07) is 22.9. The van der Waals surface area contributed by atoms with Gasteiger partial charge in [-0.2, -0.15) is 0 Å². The number of nitrogens with zero attached hydrogens (tertiary/aromatic N) is 1. The van der Waals surface area contributed by atoms with Gasteiger partial charge in [0.15, 0.2) is 6.61 Å². The number of carbonyl (C=O) groups is 2. The van der Waals surface area contributed by atoms with Gasteiger partial charge in [0.2, 0.25) is 5.91 Å². The molecule has 1 fully saturated rings. The van der Waals surface area contributed by atoms with Crippen LogP contribution in [0.15, 0.2) is 72.8 Å². The number of benzene rings is 3. The minimum absolute atomic E-state index is 0.117. The quantitative estimate of drug-likeness (QED) is 0.343. The highest BCUT2D eigenvalue weighted by Gasteiger charge is 2.32. The van der Waals surface area contributed by atoms with Crippen molar-refractivity contribution in [2.24, 2.45) is 0 Å². The Balaban J connectivity index is 1.63. The number of ether oxygens (including phenoxy) is 2. The molecule has 4 rings (SSSR count). The molecule has 0 spiro atoms. The van der Waals surface area contributed by atoms with Crippen molar-refractivity contribution < 1.29 is 19.1 Å². The molecule has 206 valence electrons. The minimum atomic E-state index is -0.685. The van der Waals surface area contributed by atoms with Gasteiger partial charge in [-0.25, -0.2) is 0 Å². The predicted octanol–water partition coefficient (Wildman–Crippen LogP) is 5.78. The van der Waals surface area contributed by atoms with Crippen LogP contribution >= 0.6 is 0 Å². The first-order valence-corrected chi connectivity index (χ1v) is 13.9. The van der Waals surface area contributed by atoms with Crippen molar-refractivity contribution in [2.45, 2.75) is 71.0 Å².